The van der Waals surface area contributed by atoms with Crippen LogP contribution in [0, 0.1) is 19.7 Å². The molecule has 3 aromatic rings. The third kappa shape index (κ3) is 5.12. The highest BCUT2D eigenvalue weighted by Crippen LogP contribution is 2.25. The van der Waals surface area contributed by atoms with E-state index in [1.54, 1.807) is 37.4 Å². The van der Waals surface area contributed by atoms with E-state index in [-0.39, 0.29) is 23.0 Å². The molecule has 1 aromatic heterocycles. The molecule has 0 aliphatic heterocycles. The normalized spacial score (nSPS) is 11.8. The van der Waals surface area contributed by atoms with Crippen LogP contribution < -0.4 is 9.64 Å². The molecule has 2 aromatic carbocycles. The Hall–Kier alpha value is -2.92. The molecule has 4 nitrogen and oxygen atoms in total. The minimum absolute atomic E-state index is 0.0537. The number of pyridine rings is 1. The number of carbonyl (C=O) groups is 1. The summed E-state index contributed by atoms with van der Waals surface area (Å²) in [5, 5.41) is 0.251. The first-order chi connectivity index (χ1) is 13.8. The van der Waals surface area contributed by atoms with Crippen molar-refractivity contribution in [1.82, 2.24) is 4.98 Å². The standard InChI is InChI=1S/C23H22ClFN2O2/c1-15-11-16(2)13-18(12-15)29-17(3)23(28)27(22-9-4-5-10-26-22)14-19-20(24)7-6-8-21(19)25/h4-13,17H,14H2,1-3H3/t17-/m1/s1. The molecule has 0 saturated carbocycles. The van der Waals surface area contributed by atoms with Crippen LogP contribution in [0.2, 0.25) is 5.02 Å². The van der Waals surface area contributed by atoms with Gasteiger partial charge in [0.1, 0.15) is 17.4 Å². The van der Waals surface area contributed by atoms with Gasteiger partial charge in [-0.15, -0.1) is 0 Å². The molecule has 1 amide bonds. The lowest BCUT2D eigenvalue weighted by atomic mass is 10.1. The minimum Gasteiger partial charge on any atom is -0.481 e. The van der Waals surface area contributed by atoms with Crippen LogP contribution in [-0.2, 0) is 11.3 Å². The van der Waals surface area contributed by atoms with Crippen molar-refractivity contribution in [3.8, 4) is 5.75 Å². The summed E-state index contributed by atoms with van der Waals surface area (Å²) in [5.41, 5.74) is 2.31. The first kappa shape index (κ1) is 20.8. The van der Waals surface area contributed by atoms with Crippen LogP contribution in [-0.4, -0.2) is 17.0 Å². The molecule has 6 heteroatoms. The molecule has 0 bridgehead atoms. The number of ether oxygens (including phenoxy) is 1. The highest BCUT2D eigenvalue weighted by molar-refractivity contribution is 6.31. The number of rotatable bonds is 6. The molecule has 1 atom stereocenters. The maximum Gasteiger partial charge on any atom is 0.269 e. The van der Waals surface area contributed by atoms with Gasteiger partial charge in [0.05, 0.1) is 6.54 Å². The maximum atomic E-state index is 14.4. The summed E-state index contributed by atoms with van der Waals surface area (Å²) < 4.78 is 20.2. The number of hydrogen-bond donors (Lipinski definition) is 0. The SMILES string of the molecule is Cc1cc(C)cc(O[C@H](C)C(=O)N(Cc2c(F)cccc2Cl)c2ccccn2)c1. The molecule has 29 heavy (non-hydrogen) atoms. The van der Waals surface area contributed by atoms with E-state index in [4.69, 9.17) is 16.3 Å². The number of amides is 1. The van der Waals surface area contributed by atoms with E-state index in [1.165, 1.54) is 17.0 Å². The Morgan fingerprint density at radius 3 is 2.48 bits per heavy atom. The lowest BCUT2D eigenvalue weighted by Gasteiger charge is -2.26. The quantitative estimate of drug-likeness (QED) is 0.537. The Kier molecular flexibility index (Phi) is 6.49. The van der Waals surface area contributed by atoms with Gasteiger partial charge in [-0.25, -0.2) is 9.37 Å². The van der Waals surface area contributed by atoms with Crippen LogP contribution in [0.3, 0.4) is 0 Å². The molecular weight excluding hydrogens is 391 g/mol. The number of halogens is 2. The van der Waals surface area contributed by atoms with Crippen molar-refractivity contribution in [2.75, 3.05) is 4.90 Å². The predicted molar refractivity (Wildman–Crippen MR) is 113 cm³/mol. The van der Waals surface area contributed by atoms with Gasteiger partial charge in [-0.1, -0.05) is 29.8 Å². The van der Waals surface area contributed by atoms with Crippen molar-refractivity contribution >= 4 is 23.3 Å². The highest BCUT2D eigenvalue weighted by Gasteiger charge is 2.26. The first-order valence-corrected chi connectivity index (χ1v) is 9.63. The Morgan fingerprint density at radius 2 is 1.86 bits per heavy atom. The fourth-order valence-corrected chi connectivity index (χ4v) is 3.32. The van der Waals surface area contributed by atoms with Crippen LogP contribution in [0.25, 0.3) is 0 Å². The molecule has 3 rings (SSSR count). The second kappa shape index (κ2) is 9.05. The summed E-state index contributed by atoms with van der Waals surface area (Å²) in [4.78, 5) is 18.9. The Balaban J connectivity index is 1.90. The Labute approximate surface area is 174 Å². The maximum absolute atomic E-state index is 14.4. The summed E-state index contributed by atoms with van der Waals surface area (Å²) in [6, 6.07) is 15.4. The molecule has 0 unspecified atom stereocenters. The zero-order valence-electron chi connectivity index (χ0n) is 16.5. The highest BCUT2D eigenvalue weighted by atomic mass is 35.5. The smallest absolute Gasteiger partial charge is 0.269 e. The van der Waals surface area contributed by atoms with Crippen molar-refractivity contribution in [1.29, 1.82) is 0 Å². The second-order valence-corrected chi connectivity index (χ2v) is 7.30. The third-order valence-electron chi connectivity index (χ3n) is 4.43. The number of hydrogen-bond acceptors (Lipinski definition) is 3. The van der Waals surface area contributed by atoms with E-state index in [0.717, 1.165) is 11.1 Å². The van der Waals surface area contributed by atoms with Crippen LogP contribution in [0.5, 0.6) is 5.75 Å². The van der Waals surface area contributed by atoms with Crippen molar-refractivity contribution < 1.29 is 13.9 Å². The summed E-state index contributed by atoms with van der Waals surface area (Å²) in [6.45, 7) is 5.54. The van der Waals surface area contributed by atoms with E-state index in [9.17, 15) is 9.18 Å². The summed E-state index contributed by atoms with van der Waals surface area (Å²) in [6.07, 6.45) is 0.775. The van der Waals surface area contributed by atoms with Crippen LogP contribution >= 0.6 is 11.6 Å². The lowest BCUT2D eigenvalue weighted by molar-refractivity contribution is -0.124. The molecule has 0 spiro atoms. The number of aromatic nitrogens is 1. The number of nitrogens with zero attached hydrogens (tertiary/aromatic N) is 2. The molecular formula is C23H22ClFN2O2. The summed E-state index contributed by atoms with van der Waals surface area (Å²) in [5.74, 6) is 0.178. The molecule has 1 heterocycles. The molecule has 0 radical (unpaired) electrons. The first-order valence-electron chi connectivity index (χ1n) is 9.25. The van der Waals surface area contributed by atoms with Gasteiger partial charge in [0.15, 0.2) is 6.10 Å². The monoisotopic (exact) mass is 412 g/mol. The number of aryl methyl sites for hydroxylation is 2. The van der Waals surface area contributed by atoms with E-state index >= 15 is 0 Å². The topological polar surface area (TPSA) is 42.4 Å². The fraction of sp³-hybridized carbons (Fsp3) is 0.217. The molecule has 150 valence electrons. The molecule has 0 fully saturated rings. The van der Waals surface area contributed by atoms with Crippen molar-refractivity contribution in [3.05, 3.63) is 88.3 Å². The van der Waals surface area contributed by atoms with Gasteiger partial charge in [0.2, 0.25) is 0 Å². The zero-order valence-corrected chi connectivity index (χ0v) is 17.3. The predicted octanol–water partition coefficient (Wildman–Crippen LogP) is 5.49. The van der Waals surface area contributed by atoms with Crippen LogP contribution in [0.1, 0.15) is 23.6 Å². The average Bonchev–Trinajstić information content (AvgIpc) is 2.67. The van der Waals surface area contributed by atoms with Gasteiger partial charge >= 0.3 is 0 Å². The fourth-order valence-electron chi connectivity index (χ4n) is 3.10. The molecule has 0 aliphatic rings. The molecule has 0 aliphatic carbocycles. The minimum atomic E-state index is -0.802. The van der Waals surface area contributed by atoms with E-state index in [0.29, 0.717) is 11.6 Å². The molecule has 0 saturated heterocycles. The van der Waals surface area contributed by atoms with Crippen molar-refractivity contribution in [3.63, 3.8) is 0 Å². The largest absolute Gasteiger partial charge is 0.481 e. The van der Waals surface area contributed by atoms with Crippen LogP contribution in [0.15, 0.2) is 60.8 Å². The van der Waals surface area contributed by atoms with E-state index in [1.807, 2.05) is 32.0 Å². The van der Waals surface area contributed by atoms with E-state index < -0.39 is 11.9 Å². The summed E-state index contributed by atoms with van der Waals surface area (Å²) in [7, 11) is 0. The van der Waals surface area contributed by atoms with Crippen molar-refractivity contribution in [2.24, 2.45) is 0 Å². The number of anilines is 1. The van der Waals surface area contributed by atoms with Gasteiger partial charge in [0, 0.05) is 16.8 Å². The molecule has 0 N–H and O–H groups in total. The Bertz CT molecular complexity index is 971. The lowest BCUT2D eigenvalue weighted by Crippen LogP contribution is -2.41. The average molecular weight is 413 g/mol. The van der Waals surface area contributed by atoms with Gasteiger partial charge in [0.25, 0.3) is 5.91 Å². The van der Waals surface area contributed by atoms with Crippen molar-refractivity contribution in [2.45, 2.75) is 33.4 Å². The third-order valence-corrected chi connectivity index (χ3v) is 4.78. The van der Waals surface area contributed by atoms with Gasteiger partial charge < -0.3 is 4.74 Å². The van der Waals surface area contributed by atoms with Gasteiger partial charge in [-0.2, -0.15) is 0 Å². The second-order valence-electron chi connectivity index (χ2n) is 6.90. The van der Waals surface area contributed by atoms with Crippen LogP contribution in [0.4, 0.5) is 10.2 Å². The summed E-state index contributed by atoms with van der Waals surface area (Å²) >= 11 is 6.18. The Morgan fingerprint density at radius 1 is 1.14 bits per heavy atom. The van der Waals surface area contributed by atoms with Gasteiger partial charge in [-0.3, -0.25) is 9.69 Å². The van der Waals surface area contributed by atoms with E-state index in [2.05, 4.69) is 4.98 Å². The zero-order chi connectivity index (χ0) is 21.0. The number of benzene rings is 2. The van der Waals surface area contributed by atoms with Gasteiger partial charge in [-0.05, 0) is 68.3 Å². The number of carbonyl (C=O) groups excluding carboxylic acids is 1.